The third-order valence-corrected chi connectivity index (χ3v) is 5.12. The predicted octanol–water partition coefficient (Wildman–Crippen LogP) is 4.25. The Morgan fingerprint density at radius 1 is 1.12 bits per heavy atom. The highest BCUT2D eigenvalue weighted by molar-refractivity contribution is 9.10. The van der Waals surface area contributed by atoms with Gasteiger partial charge in [-0.2, -0.15) is 0 Å². The monoisotopic (exact) mass is 382 g/mol. The highest BCUT2D eigenvalue weighted by Gasteiger charge is 2.15. The van der Waals surface area contributed by atoms with Gasteiger partial charge >= 0.3 is 0 Å². The van der Waals surface area contributed by atoms with Crippen molar-refractivity contribution in [1.82, 2.24) is 10.3 Å². The number of hydrogen-bond donors (Lipinski definition) is 1. The second-order valence-electron chi connectivity index (χ2n) is 6.09. The van der Waals surface area contributed by atoms with Gasteiger partial charge in [-0.25, -0.2) is 0 Å². The molecule has 0 bridgehead atoms. The SMILES string of the molecule is Brc1ccc(Cc2ccc([C@H]3CNCCO3)cc2)c2cccnc12. The molecule has 0 unspecified atom stereocenters. The van der Waals surface area contributed by atoms with E-state index in [-0.39, 0.29) is 6.10 Å². The number of benzene rings is 2. The van der Waals surface area contributed by atoms with Gasteiger partial charge in [0.15, 0.2) is 0 Å². The lowest BCUT2D eigenvalue weighted by Crippen LogP contribution is -2.33. The Morgan fingerprint density at radius 2 is 2.00 bits per heavy atom. The van der Waals surface area contributed by atoms with Crippen LogP contribution in [0, 0.1) is 0 Å². The highest BCUT2D eigenvalue weighted by Crippen LogP contribution is 2.27. The van der Waals surface area contributed by atoms with Gasteiger partial charge in [0, 0.05) is 29.1 Å². The highest BCUT2D eigenvalue weighted by atomic mass is 79.9. The zero-order valence-electron chi connectivity index (χ0n) is 13.3. The summed E-state index contributed by atoms with van der Waals surface area (Å²) in [6.45, 7) is 2.62. The van der Waals surface area contributed by atoms with Crippen LogP contribution in [0.5, 0.6) is 0 Å². The first-order valence-corrected chi connectivity index (χ1v) is 9.04. The third-order valence-electron chi connectivity index (χ3n) is 4.48. The van der Waals surface area contributed by atoms with Gasteiger partial charge in [0.2, 0.25) is 0 Å². The zero-order valence-corrected chi connectivity index (χ0v) is 14.9. The van der Waals surface area contributed by atoms with Crippen molar-refractivity contribution in [2.75, 3.05) is 19.7 Å². The first-order valence-electron chi connectivity index (χ1n) is 8.24. The van der Waals surface area contributed by atoms with Crippen LogP contribution in [-0.4, -0.2) is 24.7 Å². The first kappa shape index (κ1) is 15.8. The molecular weight excluding hydrogens is 364 g/mol. The lowest BCUT2D eigenvalue weighted by atomic mass is 9.98. The fourth-order valence-corrected chi connectivity index (χ4v) is 3.65. The Morgan fingerprint density at radius 3 is 2.79 bits per heavy atom. The van der Waals surface area contributed by atoms with E-state index in [0.29, 0.717) is 0 Å². The summed E-state index contributed by atoms with van der Waals surface area (Å²) >= 11 is 3.59. The number of halogens is 1. The molecule has 2 aromatic carbocycles. The van der Waals surface area contributed by atoms with E-state index in [2.05, 4.69) is 68.7 Å². The van der Waals surface area contributed by atoms with Crippen molar-refractivity contribution in [3.63, 3.8) is 0 Å². The molecular formula is C20H19BrN2O. The van der Waals surface area contributed by atoms with Crippen molar-refractivity contribution < 1.29 is 4.74 Å². The molecule has 3 aromatic rings. The number of ether oxygens (including phenoxy) is 1. The standard InChI is InChI=1S/C20H19BrN2O/c21-18-8-7-16(17-2-1-9-23-20(17)18)12-14-3-5-15(6-4-14)19-13-22-10-11-24-19/h1-9,19,22H,10-13H2/t19-/m1/s1. The molecule has 1 fully saturated rings. The second kappa shape index (κ2) is 7.01. The molecule has 24 heavy (non-hydrogen) atoms. The summed E-state index contributed by atoms with van der Waals surface area (Å²) in [5.41, 5.74) is 4.86. The van der Waals surface area contributed by atoms with E-state index < -0.39 is 0 Å². The lowest BCUT2D eigenvalue weighted by molar-refractivity contribution is 0.0277. The van der Waals surface area contributed by atoms with Crippen LogP contribution in [0.1, 0.15) is 22.8 Å². The molecule has 1 N–H and O–H groups in total. The van der Waals surface area contributed by atoms with E-state index in [9.17, 15) is 0 Å². The minimum Gasteiger partial charge on any atom is -0.371 e. The van der Waals surface area contributed by atoms with Crippen LogP contribution in [0.3, 0.4) is 0 Å². The van der Waals surface area contributed by atoms with Gasteiger partial charge in [-0.15, -0.1) is 0 Å². The summed E-state index contributed by atoms with van der Waals surface area (Å²) in [4.78, 5) is 4.49. The van der Waals surface area contributed by atoms with E-state index in [1.54, 1.807) is 0 Å². The Kier molecular flexibility index (Phi) is 4.60. The zero-order chi connectivity index (χ0) is 16.4. The number of pyridine rings is 1. The third kappa shape index (κ3) is 3.22. The smallest absolute Gasteiger partial charge is 0.0949 e. The summed E-state index contributed by atoms with van der Waals surface area (Å²) in [6, 6.07) is 17.2. The fraction of sp³-hybridized carbons (Fsp3) is 0.250. The van der Waals surface area contributed by atoms with Crippen molar-refractivity contribution in [1.29, 1.82) is 0 Å². The quantitative estimate of drug-likeness (QED) is 0.734. The Balaban J connectivity index is 1.58. The van der Waals surface area contributed by atoms with E-state index >= 15 is 0 Å². The van der Waals surface area contributed by atoms with Crippen molar-refractivity contribution >= 4 is 26.8 Å². The van der Waals surface area contributed by atoms with Gasteiger partial charge < -0.3 is 10.1 Å². The molecule has 4 heteroatoms. The molecule has 1 aromatic heterocycles. The van der Waals surface area contributed by atoms with Gasteiger partial charge in [-0.1, -0.05) is 36.4 Å². The largest absolute Gasteiger partial charge is 0.371 e. The van der Waals surface area contributed by atoms with Crippen LogP contribution in [0.15, 0.2) is 59.2 Å². The molecule has 1 aliphatic heterocycles. The van der Waals surface area contributed by atoms with Crippen LogP contribution in [0.4, 0.5) is 0 Å². The Hall–Kier alpha value is -1.75. The van der Waals surface area contributed by atoms with E-state index in [0.717, 1.165) is 36.1 Å². The van der Waals surface area contributed by atoms with Gasteiger partial charge in [-0.3, -0.25) is 4.98 Å². The molecule has 1 saturated heterocycles. The minimum atomic E-state index is 0.172. The number of hydrogen-bond acceptors (Lipinski definition) is 3. The van der Waals surface area contributed by atoms with Crippen LogP contribution < -0.4 is 5.32 Å². The van der Waals surface area contributed by atoms with Crippen molar-refractivity contribution in [2.45, 2.75) is 12.5 Å². The Bertz CT molecular complexity index is 842. The molecule has 0 radical (unpaired) electrons. The molecule has 0 spiro atoms. The Labute approximate surface area is 150 Å². The van der Waals surface area contributed by atoms with Crippen molar-refractivity contribution in [3.8, 4) is 0 Å². The number of nitrogens with zero attached hydrogens (tertiary/aromatic N) is 1. The van der Waals surface area contributed by atoms with Crippen LogP contribution >= 0.6 is 15.9 Å². The van der Waals surface area contributed by atoms with E-state index in [1.165, 1.54) is 22.1 Å². The summed E-state index contributed by atoms with van der Waals surface area (Å²) in [5, 5.41) is 4.58. The summed E-state index contributed by atoms with van der Waals surface area (Å²) < 4.78 is 6.86. The van der Waals surface area contributed by atoms with Gasteiger partial charge in [0.05, 0.1) is 18.2 Å². The van der Waals surface area contributed by atoms with Crippen molar-refractivity contribution in [3.05, 3.63) is 75.9 Å². The maximum atomic E-state index is 5.82. The number of fused-ring (bicyclic) bond motifs is 1. The fourth-order valence-electron chi connectivity index (χ4n) is 3.20. The van der Waals surface area contributed by atoms with Gasteiger partial charge in [0.25, 0.3) is 0 Å². The van der Waals surface area contributed by atoms with Gasteiger partial charge in [-0.05, 0) is 51.2 Å². The predicted molar refractivity (Wildman–Crippen MR) is 100 cm³/mol. The summed E-state index contributed by atoms with van der Waals surface area (Å²) in [6.07, 6.45) is 2.91. The molecule has 3 nitrogen and oxygen atoms in total. The molecule has 0 saturated carbocycles. The maximum Gasteiger partial charge on any atom is 0.0949 e. The number of aromatic nitrogens is 1. The average molecular weight is 383 g/mol. The second-order valence-corrected chi connectivity index (χ2v) is 6.94. The summed E-state index contributed by atoms with van der Waals surface area (Å²) in [7, 11) is 0. The molecule has 0 amide bonds. The summed E-state index contributed by atoms with van der Waals surface area (Å²) in [5.74, 6) is 0. The molecule has 1 atom stereocenters. The minimum absolute atomic E-state index is 0.172. The van der Waals surface area contributed by atoms with Crippen molar-refractivity contribution in [2.24, 2.45) is 0 Å². The number of morpholine rings is 1. The topological polar surface area (TPSA) is 34.1 Å². The van der Waals surface area contributed by atoms with Crippen LogP contribution in [0.25, 0.3) is 10.9 Å². The van der Waals surface area contributed by atoms with E-state index in [4.69, 9.17) is 4.74 Å². The maximum absolute atomic E-state index is 5.82. The normalized spacial score (nSPS) is 18.0. The average Bonchev–Trinajstić information content (AvgIpc) is 2.66. The molecule has 1 aliphatic rings. The number of nitrogens with one attached hydrogen (secondary N) is 1. The molecule has 2 heterocycles. The van der Waals surface area contributed by atoms with Gasteiger partial charge in [0.1, 0.15) is 0 Å². The van der Waals surface area contributed by atoms with Crippen LogP contribution in [-0.2, 0) is 11.2 Å². The number of rotatable bonds is 3. The molecule has 0 aliphatic carbocycles. The first-order chi connectivity index (χ1) is 11.8. The lowest BCUT2D eigenvalue weighted by Gasteiger charge is -2.24. The van der Waals surface area contributed by atoms with Crippen LogP contribution in [0.2, 0.25) is 0 Å². The molecule has 4 rings (SSSR count). The van der Waals surface area contributed by atoms with E-state index in [1.807, 2.05) is 12.3 Å². The molecule has 122 valence electrons.